The van der Waals surface area contributed by atoms with Gasteiger partial charge < -0.3 is 41.3 Å². The van der Waals surface area contributed by atoms with Crippen molar-refractivity contribution >= 4 is 38.5 Å². The summed E-state index contributed by atoms with van der Waals surface area (Å²) in [5, 5.41) is 31.4. The average molecular weight is 646 g/mol. The number of carbonyl (C=O) groups excluding carboxylic acids is 1. The molecule has 0 aromatic carbocycles. The molecule has 5 rings (SSSR count). The summed E-state index contributed by atoms with van der Waals surface area (Å²) in [7, 11) is -10.5. The van der Waals surface area contributed by atoms with Crippen molar-refractivity contribution in [3.05, 3.63) is 42.7 Å². The Bertz CT molecular complexity index is 1590. The van der Waals surface area contributed by atoms with E-state index in [1.54, 1.807) is 16.8 Å². The summed E-state index contributed by atoms with van der Waals surface area (Å²) in [6.07, 6.45) is -0.597. The second kappa shape index (κ2) is 12.2. The number of carbonyl (C=O) groups is 1. The summed E-state index contributed by atoms with van der Waals surface area (Å²) in [5.74, 6) is -1.21. The lowest BCUT2D eigenvalue weighted by molar-refractivity contribution is -0.722. The Hall–Kier alpha value is -2.93. The number of nitrogens with zero attached hydrogens (tertiary/aromatic N) is 5. The first-order valence-electron chi connectivity index (χ1n) is 12.8. The van der Waals surface area contributed by atoms with Gasteiger partial charge in [-0.05, 0) is 6.07 Å². The SMILES string of the molecule is NC(=O)c1ccc[n+]([C@H]2CC(O)[C@@H](COP(=O)(O)OP(=O)(O)OC[C@H]3O[C@@H](n4cnc5c(N)ncnc54)[C@@H](O)C3O)C2)c1. The molecule has 3 aromatic heterocycles. The first-order chi connectivity index (χ1) is 20.2. The van der Waals surface area contributed by atoms with Gasteiger partial charge in [-0.1, -0.05) is 0 Å². The Morgan fingerprint density at radius 3 is 2.53 bits per heavy atom. The molecule has 234 valence electrons. The third-order valence-electron chi connectivity index (χ3n) is 7.22. The number of nitrogen functional groups attached to an aromatic ring is 1. The summed E-state index contributed by atoms with van der Waals surface area (Å²) in [6.45, 7) is -1.34. The van der Waals surface area contributed by atoms with E-state index >= 15 is 0 Å². The smallest absolute Gasteiger partial charge is 0.392 e. The lowest BCUT2D eigenvalue weighted by Crippen LogP contribution is -2.39. The van der Waals surface area contributed by atoms with Gasteiger partial charge in [0, 0.05) is 24.8 Å². The molecule has 0 spiro atoms. The summed E-state index contributed by atoms with van der Waals surface area (Å²) >= 11 is 0. The average Bonchev–Trinajstić information content (AvgIpc) is 3.62. The predicted molar refractivity (Wildman–Crippen MR) is 141 cm³/mol. The number of amides is 1. The van der Waals surface area contributed by atoms with Crippen LogP contribution in [-0.2, 0) is 27.2 Å². The lowest BCUT2D eigenvalue weighted by Gasteiger charge is -2.20. The van der Waals surface area contributed by atoms with Gasteiger partial charge in [0.15, 0.2) is 36.1 Å². The third kappa shape index (κ3) is 6.92. The quantitative estimate of drug-likeness (QED) is 0.0938. The molecule has 1 saturated carbocycles. The second-order valence-electron chi connectivity index (χ2n) is 10.1. The van der Waals surface area contributed by atoms with Crippen molar-refractivity contribution < 1.29 is 61.7 Å². The van der Waals surface area contributed by atoms with E-state index in [4.69, 9.17) is 25.3 Å². The molecule has 2 fully saturated rings. The summed E-state index contributed by atoms with van der Waals surface area (Å²) in [6, 6.07) is 2.87. The van der Waals surface area contributed by atoms with E-state index in [0.717, 1.165) is 6.33 Å². The normalized spacial score (nSPS) is 30.3. The van der Waals surface area contributed by atoms with Gasteiger partial charge in [-0.3, -0.25) is 18.4 Å². The fourth-order valence-electron chi connectivity index (χ4n) is 5.05. The number of primary amides is 1. The van der Waals surface area contributed by atoms with Crippen LogP contribution < -0.4 is 16.0 Å². The van der Waals surface area contributed by atoms with Crippen molar-refractivity contribution in [2.45, 2.75) is 49.5 Å². The van der Waals surface area contributed by atoms with E-state index < -0.39 is 71.3 Å². The van der Waals surface area contributed by atoms with E-state index in [0.29, 0.717) is 0 Å². The van der Waals surface area contributed by atoms with Gasteiger partial charge in [0.2, 0.25) is 0 Å². The van der Waals surface area contributed by atoms with Crippen LogP contribution >= 0.6 is 15.6 Å². The Labute approximate surface area is 242 Å². The highest BCUT2D eigenvalue weighted by atomic mass is 31.3. The van der Waals surface area contributed by atoms with E-state index in [2.05, 4.69) is 19.3 Å². The van der Waals surface area contributed by atoms with Crippen LogP contribution in [0, 0.1) is 5.92 Å². The Kier molecular flexibility index (Phi) is 8.95. The Balaban J connectivity index is 1.14. The van der Waals surface area contributed by atoms with E-state index in [1.807, 2.05) is 0 Å². The number of ether oxygens (including phenoxy) is 1. The molecule has 43 heavy (non-hydrogen) atoms. The van der Waals surface area contributed by atoms with Crippen molar-refractivity contribution in [2.75, 3.05) is 18.9 Å². The zero-order valence-electron chi connectivity index (χ0n) is 22.2. The number of nitrogens with two attached hydrogens (primary N) is 2. The number of phosphoric acid groups is 2. The van der Waals surface area contributed by atoms with Crippen LogP contribution in [0.25, 0.3) is 11.2 Å². The molecule has 9 atom stereocenters. The van der Waals surface area contributed by atoms with E-state index in [1.165, 1.54) is 23.2 Å². The maximum absolute atomic E-state index is 12.4. The predicted octanol–water partition coefficient (Wildman–Crippen LogP) is -1.32. The Morgan fingerprint density at radius 2 is 1.81 bits per heavy atom. The van der Waals surface area contributed by atoms with Gasteiger partial charge in [0.25, 0.3) is 5.91 Å². The van der Waals surface area contributed by atoms with Gasteiger partial charge in [-0.25, -0.2) is 28.6 Å². The van der Waals surface area contributed by atoms with Crippen LogP contribution in [0.4, 0.5) is 5.82 Å². The third-order valence-corrected chi connectivity index (χ3v) is 9.82. The topological polar surface area (TPSA) is 289 Å². The number of fused-ring (bicyclic) bond motifs is 1. The van der Waals surface area contributed by atoms with Gasteiger partial charge in [0.05, 0.1) is 25.6 Å². The molecule has 4 heterocycles. The van der Waals surface area contributed by atoms with Crippen LogP contribution in [0.15, 0.2) is 37.2 Å². The minimum atomic E-state index is -5.27. The molecule has 19 nitrogen and oxygen atoms in total. The number of aromatic nitrogens is 5. The molecule has 21 heteroatoms. The number of aliphatic hydroxyl groups is 3. The molecular weight excluding hydrogens is 616 g/mol. The second-order valence-corrected chi connectivity index (χ2v) is 13.1. The van der Waals surface area contributed by atoms with E-state index in [-0.39, 0.29) is 41.4 Å². The number of rotatable bonds is 11. The maximum Gasteiger partial charge on any atom is 0.481 e. The number of phosphoric ester groups is 2. The highest BCUT2D eigenvalue weighted by Gasteiger charge is 2.47. The summed E-state index contributed by atoms with van der Waals surface area (Å²) < 4.78 is 47.4. The number of anilines is 1. The first-order valence-corrected chi connectivity index (χ1v) is 15.8. The van der Waals surface area contributed by atoms with Crippen molar-refractivity contribution in [3.8, 4) is 0 Å². The summed E-state index contributed by atoms with van der Waals surface area (Å²) in [5.41, 5.74) is 11.7. The molecule has 1 aliphatic heterocycles. The number of hydrogen-bond donors (Lipinski definition) is 7. The zero-order valence-corrected chi connectivity index (χ0v) is 24.0. The van der Waals surface area contributed by atoms with Crippen molar-refractivity contribution in [1.29, 1.82) is 0 Å². The highest BCUT2D eigenvalue weighted by Crippen LogP contribution is 2.61. The molecule has 1 saturated heterocycles. The van der Waals surface area contributed by atoms with Crippen LogP contribution in [-0.4, -0.2) is 88.2 Å². The van der Waals surface area contributed by atoms with Crippen LogP contribution in [0.3, 0.4) is 0 Å². The van der Waals surface area contributed by atoms with E-state index in [9.17, 15) is 39.0 Å². The van der Waals surface area contributed by atoms with Gasteiger partial charge >= 0.3 is 15.6 Å². The first kappa shape index (κ1) is 31.5. The number of aliphatic hydroxyl groups excluding tert-OH is 3. The zero-order chi connectivity index (χ0) is 31.1. The fourth-order valence-corrected chi connectivity index (χ4v) is 7.19. The van der Waals surface area contributed by atoms with Crippen molar-refractivity contribution in [1.82, 2.24) is 19.5 Å². The molecule has 2 aliphatic rings. The van der Waals surface area contributed by atoms with Crippen molar-refractivity contribution in [3.63, 3.8) is 0 Å². The Morgan fingerprint density at radius 1 is 1.09 bits per heavy atom. The van der Waals surface area contributed by atoms with Crippen LogP contribution in [0.2, 0.25) is 0 Å². The molecule has 3 aromatic rings. The molecule has 9 N–H and O–H groups in total. The fraction of sp³-hybridized carbons (Fsp3) is 0.500. The molecule has 4 unspecified atom stereocenters. The molecule has 0 radical (unpaired) electrons. The van der Waals surface area contributed by atoms with Crippen molar-refractivity contribution in [2.24, 2.45) is 11.7 Å². The monoisotopic (exact) mass is 646 g/mol. The minimum absolute atomic E-state index is 0.0711. The van der Waals surface area contributed by atoms with Crippen LogP contribution in [0.1, 0.15) is 35.5 Å². The highest BCUT2D eigenvalue weighted by molar-refractivity contribution is 7.61. The van der Waals surface area contributed by atoms with Crippen LogP contribution in [0.5, 0.6) is 0 Å². The lowest BCUT2D eigenvalue weighted by atomic mass is 10.1. The molecule has 0 bridgehead atoms. The minimum Gasteiger partial charge on any atom is -0.392 e. The van der Waals surface area contributed by atoms with Gasteiger partial charge in [-0.2, -0.15) is 4.31 Å². The molecule has 1 amide bonds. The standard InChI is InChI=1S/C22H29N7O12P2/c23-19-16-21(26-9-25-19)29(10-27-16)22-18(32)17(31)15(40-22)8-39-43(36,37)41-42(34,35)38-7-12-4-13(5-14(12)30)28-3-1-2-11(6-28)20(24)33/h1-3,6,9-10,12-15,17-18,22,30-32H,4-5,7-8H2,(H5-,23,24,25,26,33,34,35,36,37)/p+1/t12-,13-,14?,15-,17?,18+,22-/m1/s1. The number of imidazole rings is 1. The largest absolute Gasteiger partial charge is 0.481 e. The molecular formula is C22H30N7O12P2+. The maximum atomic E-state index is 12.4. The number of hydrogen-bond acceptors (Lipinski definition) is 14. The van der Waals surface area contributed by atoms with Gasteiger partial charge in [0.1, 0.15) is 35.7 Å². The number of pyridine rings is 1. The molecule has 1 aliphatic carbocycles. The summed E-state index contributed by atoms with van der Waals surface area (Å²) in [4.78, 5) is 43.5. The van der Waals surface area contributed by atoms with Gasteiger partial charge in [-0.15, -0.1) is 0 Å².